The van der Waals surface area contributed by atoms with Gasteiger partial charge in [0.15, 0.2) is 5.78 Å². The van der Waals surface area contributed by atoms with E-state index in [9.17, 15) is 30.3 Å². The van der Waals surface area contributed by atoms with Gasteiger partial charge in [-0.3, -0.25) is 4.79 Å². The molecular weight excluding hydrogens is 336 g/mol. The zero-order valence-corrected chi connectivity index (χ0v) is 15.6. The van der Waals surface area contributed by atoms with Crippen molar-refractivity contribution in [1.82, 2.24) is 0 Å². The summed E-state index contributed by atoms with van der Waals surface area (Å²) in [5.41, 5.74) is -4.57. The highest BCUT2D eigenvalue weighted by molar-refractivity contribution is 6.04. The van der Waals surface area contributed by atoms with Gasteiger partial charge in [0.25, 0.3) is 0 Å². The normalized spacial score (nSPS) is 54.5. The van der Waals surface area contributed by atoms with Gasteiger partial charge < -0.3 is 25.5 Å². The van der Waals surface area contributed by atoms with Crippen LogP contribution in [0.5, 0.6) is 0 Å². The highest BCUT2D eigenvalue weighted by Gasteiger charge is 2.84. The monoisotopic (exact) mass is 364 g/mol. The first-order valence-corrected chi connectivity index (χ1v) is 9.27. The Bertz CT molecular complexity index is 753. The molecule has 0 bridgehead atoms. The molecule has 0 saturated heterocycles. The zero-order valence-electron chi connectivity index (χ0n) is 15.6. The van der Waals surface area contributed by atoms with Gasteiger partial charge in [0.05, 0.1) is 18.3 Å². The lowest BCUT2D eigenvalue weighted by atomic mass is 9.59. The molecule has 0 spiro atoms. The van der Waals surface area contributed by atoms with Crippen LogP contribution in [0.3, 0.4) is 0 Å². The number of aliphatic hydroxyl groups excluding tert-OH is 2. The standard InChI is InChI=1S/C20H28O6/c1-9-5-13-18(24,15(9)22)7-11(8-21)6-12-14-17(3,4)20(14,26)16(23)10(2)19(12,13)25/h5-6,10,12-14,16,21,23-26H,7-8H2,1-4H3/t10-,12?,13-,14-,16-,18-,19-,20-/m0/s1. The van der Waals surface area contributed by atoms with E-state index in [0.29, 0.717) is 11.1 Å². The summed E-state index contributed by atoms with van der Waals surface area (Å²) in [6.07, 6.45) is 2.08. The number of carbonyl (C=O) groups excluding carboxylic acids is 1. The maximum atomic E-state index is 12.7. The van der Waals surface area contributed by atoms with Crippen molar-refractivity contribution >= 4 is 5.78 Å². The van der Waals surface area contributed by atoms with Crippen molar-refractivity contribution in [3.63, 3.8) is 0 Å². The number of ketones is 1. The number of fused-ring (bicyclic) bond motifs is 5. The van der Waals surface area contributed by atoms with Gasteiger partial charge in [-0.05, 0) is 18.1 Å². The van der Waals surface area contributed by atoms with Gasteiger partial charge in [0.2, 0.25) is 0 Å². The van der Waals surface area contributed by atoms with Crippen molar-refractivity contribution in [2.45, 2.75) is 57.0 Å². The second kappa shape index (κ2) is 4.86. The minimum absolute atomic E-state index is 0.0615. The van der Waals surface area contributed by atoms with Crippen LogP contribution >= 0.6 is 0 Å². The smallest absolute Gasteiger partial charge is 0.190 e. The third-order valence-electron chi connectivity index (χ3n) is 8.04. The van der Waals surface area contributed by atoms with Crippen molar-refractivity contribution in [1.29, 1.82) is 0 Å². The second-order valence-electron chi connectivity index (χ2n) is 9.41. The van der Waals surface area contributed by atoms with Crippen LogP contribution in [0.4, 0.5) is 0 Å². The molecule has 0 aromatic rings. The maximum Gasteiger partial charge on any atom is 0.190 e. The molecule has 6 nitrogen and oxygen atoms in total. The molecule has 26 heavy (non-hydrogen) atoms. The largest absolute Gasteiger partial charge is 0.392 e. The van der Waals surface area contributed by atoms with Crippen LogP contribution in [-0.2, 0) is 4.79 Å². The summed E-state index contributed by atoms with van der Waals surface area (Å²) >= 11 is 0. The molecule has 4 rings (SSSR count). The Morgan fingerprint density at radius 3 is 2.38 bits per heavy atom. The van der Waals surface area contributed by atoms with E-state index < -0.39 is 57.8 Å². The highest BCUT2D eigenvalue weighted by Crippen LogP contribution is 2.74. The first-order valence-electron chi connectivity index (χ1n) is 9.27. The van der Waals surface area contributed by atoms with Crippen LogP contribution in [0.25, 0.3) is 0 Å². The summed E-state index contributed by atoms with van der Waals surface area (Å²) in [6.45, 7) is 6.63. The molecule has 5 N–H and O–H groups in total. The Hall–Kier alpha value is -1.05. The van der Waals surface area contributed by atoms with Crippen molar-refractivity contribution in [2.75, 3.05) is 6.61 Å². The van der Waals surface area contributed by atoms with Gasteiger partial charge in [-0.15, -0.1) is 0 Å². The van der Waals surface area contributed by atoms with Gasteiger partial charge in [0.1, 0.15) is 11.2 Å². The predicted molar refractivity (Wildman–Crippen MR) is 92.8 cm³/mol. The molecule has 144 valence electrons. The molecule has 2 saturated carbocycles. The Morgan fingerprint density at radius 2 is 1.81 bits per heavy atom. The molecule has 0 heterocycles. The van der Waals surface area contributed by atoms with Crippen LogP contribution in [0.15, 0.2) is 23.3 Å². The average molecular weight is 364 g/mol. The lowest BCUT2D eigenvalue weighted by molar-refractivity contribution is -0.209. The number of rotatable bonds is 1. The number of aliphatic hydroxyl groups is 5. The lowest BCUT2D eigenvalue weighted by Gasteiger charge is -2.51. The molecule has 0 amide bonds. The molecule has 0 aromatic heterocycles. The van der Waals surface area contributed by atoms with E-state index >= 15 is 0 Å². The van der Waals surface area contributed by atoms with Crippen LogP contribution in [0.2, 0.25) is 0 Å². The van der Waals surface area contributed by atoms with Crippen molar-refractivity contribution < 1.29 is 30.3 Å². The van der Waals surface area contributed by atoms with Crippen LogP contribution in [0.1, 0.15) is 34.1 Å². The molecule has 4 aliphatic carbocycles. The molecular formula is C20H28O6. The molecule has 6 heteroatoms. The fraction of sp³-hybridized carbons (Fsp3) is 0.750. The minimum atomic E-state index is -1.84. The fourth-order valence-corrected chi connectivity index (χ4v) is 6.45. The van der Waals surface area contributed by atoms with Crippen LogP contribution in [0, 0.1) is 29.1 Å². The zero-order chi connectivity index (χ0) is 19.4. The van der Waals surface area contributed by atoms with E-state index in [1.807, 2.05) is 13.8 Å². The quantitative estimate of drug-likeness (QED) is 0.416. The Labute approximate surface area is 152 Å². The van der Waals surface area contributed by atoms with Gasteiger partial charge in [0, 0.05) is 35.5 Å². The maximum absolute atomic E-state index is 12.7. The first kappa shape index (κ1) is 18.3. The number of Topliss-reactive ketones (excluding diaryl/α,β-unsaturated/α-hetero) is 1. The molecule has 1 unspecified atom stereocenters. The predicted octanol–water partition coefficient (Wildman–Crippen LogP) is -0.0699. The van der Waals surface area contributed by atoms with Gasteiger partial charge >= 0.3 is 0 Å². The Balaban J connectivity index is 1.96. The molecule has 0 radical (unpaired) electrons. The van der Waals surface area contributed by atoms with E-state index in [4.69, 9.17) is 0 Å². The van der Waals surface area contributed by atoms with Crippen molar-refractivity contribution in [3.05, 3.63) is 23.3 Å². The number of hydrogen-bond acceptors (Lipinski definition) is 6. The third-order valence-corrected chi connectivity index (χ3v) is 8.04. The second-order valence-corrected chi connectivity index (χ2v) is 9.41. The van der Waals surface area contributed by atoms with Gasteiger partial charge in [-0.25, -0.2) is 0 Å². The van der Waals surface area contributed by atoms with E-state index in [1.165, 1.54) is 0 Å². The fourth-order valence-electron chi connectivity index (χ4n) is 6.45. The summed E-state index contributed by atoms with van der Waals surface area (Å²) in [6, 6.07) is 0. The number of hydrogen-bond donors (Lipinski definition) is 5. The summed E-state index contributed by atoms with van der Waals surface area (Å²) < 4.78 is 0. The van der Waals surface area contributed by atoms with E-state index in [1.54, 1.807) is 26.0 Å². The Morgan fingerprint density at radius 1 is 1.19 bits per heavy atom. The molecule has 0 aromatic carbocycles. The molecule has 2 fully saturated rings. The Kier molecular flexibility index (Phi) is 3.42. The summed E-state index contributed by atoms with van der Waals surface area (Å²) in [7, 11) is 0. The van der Waals surface area contributed by atoms with Crippen LogP contribution < -0.4 is 0 Å². The lowest BCUT2D eigenvalue weighted by Crippen LogP contribution is -2.65. The summed E-state index contributed by atoms with van der Waals surface area (Å²) in [4.78, 5) is 12.7. The van der Waals surface area contributed by atoms with E-state index in [2.05, 4.69) is 0 Å². The third kappa shape index (κ3) is 1.69. The summed E-state index contributed by atoms with van der Waals surface area (Å²) in [5, 5.41) is 54.9. The van der Waals surface area contributed by atoms with Gasteiger partial charge in [-0.2, -0.15) is 0 Å². The molecule has 0 aliphatic heterocycles. The topological polar surface area (TPSA) is 118 Å². The van der Waals surface area contributed by atoms with Crippen molar-refractivity contribution in [2.24, 2.45) is 29.1 Å². The van der Waals surface area contributed by atoms with E-state index in [0.717, 1.165) is 0 Å². The molecule has 8 atom stereocenters. The highest BCUT2D eigenvalue weighted by atomic mass is 16.4. The molecule has 4 aliphatic rings. The summed E-state index contributed by atoms with van der Waals surface area (Å²) in [5.74, 6) is -3.14. The average Bonchev–Trinajstić information content (AvgIpc) is 2.97. The SMILES string of the molecule is CC1=C[C@@H]2[C@@]3(O)C(C=C(CO)C[C@@]2(O)C1=O)[C@H]1C(C)(C)[C@@]1(O)[C@@H](O)[C@@H]3C. The van der Waals surface area contributed by atoms with Gasteiger partial charge in [-0.1, -0.05) is 32.9 Å². The first-order chi connectivity index (χ1) is 11.9. The minimum Gasteiger partial charge on any atom is -0.392 e. The number of carbonyl (C=O) groups is 1. The van der Waals surface area contributed by atoms with Crippen molar-refractivity contribution in [3.8, 4) is 0 Å². The van der Waals surface area contributed by atoms with E-state index in [-0.39, 0.29) is 13.0 Å². The van der Waals surface area contributed by atoms with Crippen LogP contribution in [-0.4, -0.2) is 60.8 Å².